The molecule has 0 aliphatic heterocycles. The van der Waals surface area contributed by atoms with Gasteiger partial charge >= 0.3 is 0 Å². The lowest BCUT2D eigenvalue weighted by Crippen LogP contribution is -2.38. The first-order valence-electron chi connectivity index (χ1n) is 12.6. The topological polar surface area (TPSA) is 0 Å². The number of allylic oxidation sites excluding steroid dienone is 3. The summed E-state index contributed by atoms with van der Waals surface area (Å²) in [4.78, 5) is 0. The summed E-state index contributed by atoms with van der Waals surface area (Å²) in [5.41, 5.74) is 9.93. The highest BCUT2D eigenvalue weighted by Crippen LogP contribution is 2.55. The molecule has 0 bridgehead atoms. The van der Waals surface area contributed by atoms with Crippen LogP contribution in [0.15, 0.2) is 35.9 Å². The molecule has 2 unspecified atom stereocenters. The van der Waals surface area contributed by atoms with Crippen molar-refractivity contribution in [3.8, 4) is 0 Å². The fourth-order valence-corrected chi connectivity index (χ4v) is 6.28. The first kappa shape index (κ1) is 23.4. The fourth-order valence-electron chi connectivity index (χ4n) is 6.28. The Morgan fingerprint density at radius 2 is 1.87 bits per heavy atom. The van der Waals surface area contributed by atoms with Gasteiger partial charge in [0.25, 0.3) is 0 Å². The number of fused-ring (bicyclic) bond motifs is 3. The van der Waals surface area contributed by atoms with Gasteiger partial charge in [-0.15, -0.1) is 0 Å². The van der Waals surface area contributed by atoms with Crippen molar-refractivity contribution in [1.82, 2.24) is 0 Å². The van der Waals surface area contributed by atoms with E-state index in [4.69, 9.17) is 0 Å². The van der Waals surface area contributed by atoms with Crippen molar-refractivity contribution in [2.75, 3.05) is 0 Å². The molecule has 0 saturated heterocycles. The second kappa shape index (κ2) is 9.05. The third-order valence-corrected chi connectivity index (χ3v) is 8.35. The van der Waals surface area contributed by atoms with Crippen LogP contribution in [0, 0.1) is 18.3 Å². The summed E-state index contributed by atoms with van der Waals surface area (Å²) in [5.74, 6) is 1.42. The van der Waals surface area contributed by atoms with Crippen LogP contribution in [0.1, 0.15) is 121 Å². The van der Waals surface area contributed by atoms with Crippen LogP contribution < -0.4 is 0 Å². The van der Waals surface area contributed by atoms with E-state index >= 15 is 0 Å². The number of hydrogen-bond donors (Lipinski definition) is 0. The Hall–Kier alpha value is -1.30. The molecule has 1 aromatic rings. The molecule has 0 aromatic heterocycles. The SMILES string of the molecule is C=C(CC)C1=CCC2C(C1)c1c(C)cc(C(C)(C)CCCCCC)cc1CC2(C)C. The average molecular weight is 407 g/mol. The zero-order chi connectivity index (χ0) is 22.1. The molecule has 2 aliphatic carbocycles. The van der Waals surface area contributed by atoms with E-state index in [0.29, 0.717) is 11.3 Å². The Kier molecular flexibility index (Phi) is 7.05. The van der Waals surface area contributed by atoms with Crippen molar-refractivity contribution >= 4 is 0 Å². The van der Waals surface area contributed by atoms with Crippen molar-refractivity contribution in [3.05, 3.63) is 58.2 Å². The van der Waals surface area contributed by atoms with E-state index in [1.807, 2.05) is 0 Å². The van der Waals surface area contributed by atoms with E-state index in [-0.39, 0.29) is 5.41 Å². The highest BCUT2D eigenvalue weighted by molar-refractivity contribution is 5.48. The number of rotatable bonds is 8. The summed E-state index contributed by atoms with van der Waals surface area (Å²) < 4.78 is 0. The second-order valence-electron chi connectivity index (χ2n) is 11.6. The molecule has 0 nitrogen and oxygen atoms in total. The van der Waals surface area contributed by atoms with Crippen molar-refractivity contribution in [3.63, 3.8) is 0 Å². The van der Waals surface area contributed by atoms with E-state index < -0.39 is 0 Å². The van der Waals surface area contributed by atoms with Gasteiger partial charge in [0.05, 0.1) is 0 Å². The van der Waals surface area contributed by atoms with Crippen molar-refractivity contribution < 1.29 is 0 Å². The highest BCUT2D eigenvalue weighted by atomic mass is 14.5. The van der Waals surface area contributed by atoms with Crippen LogP contribution >= 0.6 is 0 Å². The third-order valence-electron chi connectivity index (χ3n) is 8.35. The first-order valence-corrected chi connectivity index (χ1v) is 12.6. The van der Waals surface area contributed by atoms with Crippen LogP contribution in [-0.2, 0) is 11.8 Å². The Bertz CT molecular complexity index is 802. The Labute approximate surface area is 187 Å². The maximum absolute atomic E-state index is 4.37. The molecule has 30 heavy (non-hydrogen) atoms. The number of benzene rings is 1. The zero-order valence-electron chi connectivity index (χ0n) is 21.0. The smallest absolute Gasteiger partial charge is 0.00796 e. The maximum Gasteiger partial charge on any atom is -0.00796 e. The Balaban J connectivity index is 1.94. The molecule has 2 aliphatic rings. The number of unbranched alkanes of at least 4 members (excludes halogenated alkanes) is 3. The van der Waals surface area contributed by atoms with Gasteiger partial charge in [-0.25, -0.2) is 0 Å². The van der Waals surface area contributed by atoms with Gasteiger partial charge in [0, 0.05) is 0 Å². The van der Waals surface area contributed by atoms with Gasteiger partial charge in [-0.05, 0) is 89.5 Å². The number of hydrogen-bond acceptors (Lipinski definition) is 0. The van der Waals surface area contributed by atoms with Crippen LogP contribution in [0.25, 0.3) is 0 Å². The Morgan fingerprint density at radius 1 is 1.13 bits per heavy atom. The molecule has 0 spiro atoms. The molecular formula is C30H46. The van der Waals surface area contributed by atoms with E-state index in [1.165, 1.54) is 68.1 Å². The monoisotopic (exact) mass is 406 g/mol. The van der Waals surface area contributed by atoms with Gasteiger partial charge in [-0.2, -0.15) is 0 Å². The van der Waals surface area contributed by atoms with Crippen LogP contribution in [0.3, 0.4) is 0 Å². The minimum Gasteiger partial charge on any atom is -0.0956 e. The summed E-state index contributed by atoms with van der Waals surface area (Å²) in [5, 5.41) is 0. The molecule has 0 heteroatoms. The predicted octanol–water partition coefficient (Wildman–Crippen LogP) is 9.21. The standard InChI is InChI=1S/C30H46/c1-9-11-12-13-16-29(5,6)25-17-22(4)28-24(18-25)20-30(7,8)27-15-14-23(19-26(27)28)21(3)10-2/h14,17-18,26-27H,3,9-13,15-16,19-20H2,1-2,4-8H3. The lowest BCUT2D eigenvalue weighted by Gasteiger charge is -2.48. The molecule has 1 aromatic carbocycles. The first-order chi connectivity index (χ1) is 14.1. The minimum atomic E-state index is 0.267. The predicted molar refractivity (Wildman–Crippen MR) is 133 cm³/mol. The van der Waals surface area contributed by atoms with Gasteiger partial charge in [-0.1, -0.05) is 97.6 Å². The van der Waals surface area contributed by atoms with Gasteiger partial charge in [0.15, 0.2) is 0 Å². The summed E-state index contributed by atoms with van der Waals surface area (Å²) >= 11 is 0. The molecule has 0 N–H and O–H groups in total. The van der Waals surface area contributed by atoms with Gasteiger partial charge < -0.3 is 0 Å². The molecular weight excluding hydrogens is 360 g/mol. The largest absolute Gasteiger partial charge is 0.0956 e. The molecule has 0 radical (unpaired) electrons. The third kappa shape index (κ3) is 4.63. The molecule has 2 atom stereocenters. The van der Waals surface area contributed by atoms with Gasteiger partial charge in [-0.3, -0.25) is 0 Å². The van der Waals surface area contributed by atoms with E-state index in [0.717, 1.165) is 12.3 Å². The van der Waals surface area contributed by atoms with Gasteiger partial charge in [0.2, 0.25) is 0 Å². The summed E-state index contributed by atoms with van der Waals surface area (Å²) in [6, 6.07) is 5.15. The summed E-state index contributed by atoms with van der Waals surface area (Å²) in [6.45, 7) is 21.2. The summed E-state index contributed by atoms with van der Waals surface area (Å²) in [7, 11) is 0. The molecule has 0 heterocycles. The van der Waals surface area contributed by atoms with Crippen LogP contribution in [-0.4, -0.2) is 0 Å². The Morgan fingerprint density at radius 3 is 2.53 bits per heavy atom. The maximum atomic E-state index is 4.37. The van der Waals surface area contributed by atoms with Crippen LogP contribution in [0.2, 0.25) is 0 Å². The molecule has 0 saturated carbocycles. The molecule has 0 amide bonds. The average Bonchev–Trinajstić information content (AvgIpc) is 2.69. The number of aryl methyl sites for hydroxylation is 1. The van der Waals surface area contributed by atoms with Crippen LogP contribution in [0.5, 0.6) is 0 Å². The normalized spacial score (nSPS) is 22.8. The van der Waals surface area contributed by atoms with Crippen molar-refractivity contribution in [2.24, 2.45) is 11.3 Å². The fraction of sp³-hybridized carbons (Fsp3) is 0.667. The molecule has 3 rings (SSSR count). The van der Waals surface area contributed by atoms with Gasteiger partial charge in [0.1, 0.15) is 0 Å². The van der Waals surface area contributed by atoms with Crippen molar-refractivity contribution in [2.45, 2.75) is 118 Å². The van der Waals surface area contributed by atoms with E-state index in [1.54, 1.807) is 16.7 Å². The molecule has 166 valence electrons. The summed E-state index contributed by atoms with van der Waals surface area (Å²) in [6.07, 6.45) is 13.9. The van der Waals surface area contributed by atoms with E-state index in [2.05, 4.69) is 73.3 Å². The van der Waals surface area contributed by atoms with Crippen LogP contribution in [0.4, 0.5) is 0 Å². The van der Waals surface area contributed by atoms with E-state index in [9.17, 15) is 0 Å². The molecule has 0 fully saturated rings. The lowest BCUT2D eigenvalue weighted by atomic mass is 9.56. The zero-order valence-corrected chi connectivity index (χ0v) is 21.0. The van der Waals surface area contributed by atoms with Crippen molar-refractivity contribution in [1.29, 1.82) is 0 Å². The second-order valence-corrected chi connectivity index (χ2v) is 11.6. The minimum absolute atomic E-state index is 0.267. The highest BCUT2D eigenvalue weighted by Gasteiger charge is 2.44. The quantitative estimate of drug-likeness (QED) is 0.377. The lowest BCUT2D eigenvalue weighted by molar-refractivity contribution is 0.151.